The lowest BCUT2D eigenvalue weighted by Gasteiger charge is -2.39. The summed E-state index contributed by atoms with van der Waals surface area (Å²) in [5.74, 6) is 0.761. The smallest absolute Gasteiger partial charge is 0.259 e. The van der Waals surface area contributed by atoms with Crippen molar-refractivity contribution in [2.75, 3.05) is 38.8 Å². The highest BCUT2D eigenvalue weighted by molar-refractivity contribution is 5.64. The summed E-state index contributed by atoms with van der Waals surface area (Å²) in [6.45, 7) is 11.6. The standard InChI is InChI=1S/C22H33N5O/c1-7-19-18(4)23-22-26(20-11-8-10-16(2)17(20)3)14-25(13-9-12-24(5)6)15-27(22)21(19)28/h8,10-11H,7,9,12-15H2,1-6H3. The van der Waals surface area contributed by atoms with E-state index in [9.17, 15) is 4.79 Å². The molecule has 0 spiro atoms. The van der Waals surface area contributed by atoms with Crippen LogP contribution in [0.15, 0.2) is 23.0 Å². The highest BCUT2D eigenvalue weighted by Crippen LogP contribution is 2.31. The van der Waals surface area contributed by atoms with Gasteiger partial charge in [0.05, 0.1) is 13.3 Å². The number of rotatable bonds is 6. The van der Waals surface area contributed by atoms with Crippen molar-refractivity contribution in [1.29, 1.82) is 0 Å². The summed E-state index contributed by atoms with van der Waals surface area (Å²) < 4.78 is 1.85. The lowest BCUT2D eigenvalue weighted by atomic mass is 10.1. The number of aryl methyl sites for hydroxylation is 2. The van der Waals surface area contributed by atoms with E-state index in [-0.39, 0.29) is 5.56 Å². The fraction of sp³-hybridized carbons (Fsp3) is 0.545. The summed E-state index contributed by atoms with van der Waals surface area (Å²) in [5, 5.41) is 0. The van der Waals surface area contributed by atoms with E-state index in [0.717, 1.165) is 49.1 Å². The molecule has 0 saturated carbocycles. The highest BCUT2D eigenvalue weighted by atomic mass is 16.1. The lowest BCUT2D eigenvalue weighted by Crippen LogP contribution is -2.48. The van der Waals surface area contributed by atoms with Gasteiger partial charge in [-0.25, -0.2) is 4.98 Å². The van der Waals surface area contributed by atoms with Crippen molar-refractivity contribution in [3.05, 3.63) is 50.9 Å². The summed E-state index contributed by atoms with van der Waals surface area (Å²) in [7, 11) is 4.19. The zero-order chi connectivity index (χ0) is 20.4. The molecule has 6 heteroatoms. The molecule has 2 heterocycles. The molecule has 0 N–H and O–H groups in total. The Labute approximate surface area is 168 Å². The fourth-order valence-electron chi connectivity index (χ4n) is 3.90. The number of aromatic nitrogens is 2. The molecule has 3 rings (SSSR count). The predicted molar refractivity (Wildman–Crippen MR) is 115 cm³/mol. The Morgan fingerprint density at radius 2 is 1.89 bits per heavy atom. The molecule has 0 atom stereocenters. The zero-order valence-electron chi connectivity index (χ0n) is 18.1. The third-order valence-corrected chi connectivity index (χ3v) is 5.67. The van der Waals surface area contributed by atoms with Crippen LogP contribution in [0.25, 0.3) is 0 Å². The molecule has 0 radical (unpaired) electrons. The second-order valence-corrected chi connectivity index (χ2v) is 8.04. The van der Waals surface area contributed by atoms with E-state index in [0.29, 0.717) is 13.1 Å². The van der Waals surface area contributed by atoms with Crippen LogP contribution < -0.4 is 10.5 Å². The minimum Gasteiger partial charge on any atom is -0.309 e. The average Bonchev–Trinajstić information content (AvgIpc) is 2.64. The molecule has 1 aromatic carbocycles. The van der Waals surface area contributed by atoms with Gasteiger partial charge < -0.3 is 4.90 Å². The first-order valence-corrected chi connectivity index (χ1v) is 10.1. The Balaban J connectivity index is 2.06. The summed E-state index contributed by atoms with van der Waals surface area (Å²) >= 11 is 0. The van der Waals surface area contributed by atoms with Crippen LogP contribution in [-0.4, -0.2) is 53.2 Å². The summed E-state index contributed by atoms with van der Waals surface area (Å²) in [6, 6.07) is 6.34. The molecule has 2 aromatic rings. The van der Waals surface area contributed by atoms with E-state index >= 15 is 0 Å². The molecule has 152 valence electrons. The SMILES string of the molecule is CCc1c(C)nc2n(c1=O)CN(CCCN(C)C)CN2c1cccc(C)c1C. The monoisotopic (exact) mass is 383 g/mol. The Morgan fingerprint density at radius 1 is 1.14 bits per heavy atom. The fourth-order valence-corrected chi connectivity index (χ4v) is 3.90. The van der Waals surface area contributed by atoms with Gasteiger partial charge in [0.1, 0.15) is 0 Å². The van der Waals surface area contributed by atoms with Gasteiger partial charge in [0.25, 0.3) is 5.56 Å². The molecule has 0 saturated heterocycles. The van der Waals surface area contributed by atoms with Crippen LogP contribution in [0.5, 0.6) is 0 Å². The summed E-state index contributed by atoms with van der Waals surface area (Å²) in [4.78, 5) is 24.8. The lowest BCUT2D eigenvalue weighted by molar-refractivity contribution is 0.189. The maximum Gasteiger partial charge on any atom is 0.259 e. The first-order chi connectivity index (χ1) is 13.3. The van der Waals surface area contributed by atoms with Crippen molar-refractivity contribution in [3.63, 3.8) is 0 Å². The van der Waals surface area contributed by atoms with E-state index in [1.54, 1.807) is 0 Å². The number of nitrogens with zero attached hydrogens (tertiary/aromatic N) is 5. The molecule has 0 amide bonds. The molecule has 1 aromatic heterocycles. The van der Waals surface area contributed by atoms with Gasteiger partial charge in [-0.2, -0.15) is 0 Å². The van der Waals surface area contributed by atoms with Crippen LogP contribution in [0.2, 0.25) is 0 Å². The van der Waals surface area contributed by atoms with E-state index in [1.165, 1.54) is 11.1 Å². The Kier molecular flexibility index (Phi) is 6.20. The number of hydrogen-bond donors (Lipinski definition) is 0. The maximum absolute atomic E-state index is 13.2. The zero-order valence-corrected chi connectivity index (χ0v) is 18.1. The second-order valence-electron chi connectivity index (χ2n) is 8.04. The van der Waals surface area contributed by atoms with Crippen molar-refractivity contribution in [1.82, 2.24) is 19.4 Å². The number of anilines is 2. The van der Waals surface area contributed by atoms with Crippen LogP contribution in [0.1, 0.15) is 35.7 Å². The highest BCUT2D eigenvalue weighted by Gasteiger charge is 2.28. The largest absolute Gasteiger partial charge is 0.309 e. The van der Waals surface area contributed by atoms with Crippen molar-refractivity contribution < 1.29 is 0 Å². The molecule has 1 aliphatic rings. The van der Waals surface area contributed by atoms with Gasteiger partial charge in [-0.15, -0.1) is 0 Å². The Bertz CT molecular complexity index is 903. The normalized spacial score (nSPS) is 14.6. The van der Waals surface area contributed by atoms with Gasteiger partial charge in [-0.1, -0.05) is 19.1 Å². The van der Waals surface area contributed by atoms with Crippen LogP contribution in [-0.2, 0) is 13.1 Å². The predicted octanol–water partition coefficient (Wildman–Crippen LogP) is 3.05. The van der Waals surface area contributed by atoms with Crippen LogP contribution in [0, 0.1) is 20.8 Å². The minimum absolute atomic E-state index is 0.0950. The number of benzene rings is 1. The Hall–Kier alpha value is -2.18. The van der Waals surface area contributed by atoms with E-state index in [2.05, 4.69) is 60.8 Å². The first-order valence-electron chi connectivity index (χ1n) is 10.1. The number of hydrogen-bond acceptors (Lipinski definition) is 5. The van der Waals surface area contributed by atoms with Crippen LogP contribution in [0.3, 0.4) is 0 Å². The third-order valence-electron chi connectivity index (χ3n) is 5.67. The van der Waals surface area contributed by atoms with Gasteiger partial charge in [-0.3, -0.25) is 19.2 Å². The molecule has 0 unspecified atom stereocenters. The van der Waals surface area contributed by atoms with Crippen LogP contribution >= 0.6 is 0 Å². The topological polar surface area (TPSA) is 44.6 Å². The van der Waals surface area contributed by atoms with Gasteiger partial charge in [0.2, 0.25) is 5.95 Å². The quantitative estimate of drug-likeness (QED) is 0.767. The van der Waals surface area contributed by atoms with Gasteiger partial charge in [0.15, 0.2) is 0 Å². The van der Waals surface area contributed by atoms with Crippen molar-refractivity contribution in [2.45, 2.75) is 47.2 Å². The third kappa shape index (κ3) is 3.98. The Morgan fingerprint density at radius 3 is 2.57 bits per heavy atom. The molecular weight excluding hydrogens is 350 g/mol. The van der Waals surface area contributed by atoms with Gasteiger partial charge in [0, 0.05) is 23.5 Å². The molecule has 0 bridgehead atoms. The molecule has 28 heavy (non-hydrogen) atoms. The molecule has 1 aliphatic heterocycles. The van der Waals surface area contributed by atoms with E-state index in [4.69, 9.17) is 4.98 Å². The van der Waals surface area contributed by atoms with Gasteiger partial charge >= 0.3 is 0 Å². The van der Waals surface area contributed by atoms with Crippen molar-refractivity contribution in [2.24, 2.45) is 0 Å². The van der Waals surface area contributed by atoms with E-state index < -0.39 is 0 Å². The van der Waals surface area contributed by atoms with Crippen molar-refractivity contribution in [3.8, 4) is 0 Å². The summed E-state index contributed by atoms with van der Waals surface area (Å²) in [6.07, 6.45) is 1.78. The van der Waals surface area contributed by atoms with E-state index in [1.807, 2.05) is 18.4 Å². The molecular formula is C22H33N5O. The average molecular weight is 384 g/mol. The number of fused-ring (bicyclic) bond motifs is 1. The van der Waals surface area contributed by atoms with Crippen molar-refractivity contribution >= 4 is 11.6 Å². The maximum atomic E-state index is 13.2. The molecule has 0 fully saturated rings. The van der Waals surface area contributed by atoms with Gasteiger partial charge in [-0.05, 0) is 71.4 Å². The minimum atomic E-state index is 0.0950. The van der Waals surface area contributed by atoms with Crippen LogP contribution in [0.4, 0.5) is 11.6 Å². The molecule has 0 aliphatic carbocycles. The second kappa shape index (κ2) is 8.45. The first kappa shape index (κ1) is 20.6. The molecule has 6 nitrogen and oxygen atoms in total. The summed E-state index contributed by atoms with van der Waals surface area (Å²) in [5.41, 5.74) is 5.36.